The topological polar surface area (TPSA) is 138 Å². The van der Waals surface area contributed by atoms with Gasteiger partial charge < -0.3 is 30.3 Å². The molecular weight excluding hydrogens is 649 g/mol. The molecule has 7 aromatic rings. The Balaban J connectivity index is 1.61. The first-order valence-electron chi connectivity index (χ1n) is 17.2. The number of H-pyrrole nitrogens is 3. The van der Waals surface area contributed by atoms with Gasteiger partial charge in [0.15, 0.2) is 17.1 Å². The summed E-state index contributed by atoms with van der Waals surface area (Å²) in [6.07, 6.45) is 1.40. The molecule has 0 amide bonds. The number of fused-ring (bicyclic) bond motifs is 8. The minimum atomic E-state index is -2.15. The van der Waals surface area contributed by atoms with E-state index in [4.69, 9.17) is 4.98 Å². The van der Waals surface area contributed by atoms with Crippen LogP contribution in [-0.2, 0) is 23.9 Å². The summed E-state index contributed by atoms with van der Waals surface area (Å²) in [5.41, 5.74) is 2.32. The second kappa shape index (κ2) is 12.0. The van der Waals surface area contributed by atoms with Crippen LogP contribution in [0, 0.1) is 0 Å². The van der Waals surface area contributed by atoms with Crippen LogP contribution in [0.5, 0.6) is 11.5 Å². The van der Waals surface area contributed by atoms with Crippen LogP contribution in [0.4, 0.5) is 0 Å². The maximum absolute atomic E-state index is 15.2. The van der Waals surface area contributed by atoms with Crippen molar-refractivity contribution in [2.24, 2.45) is 0 Å². The third-order valence-corrected chi connectivity index (χ3v) is 10.4. The summed E-state index contributed by atoms with van der Waals surface area (Å²) in [6, 6.07) is 45.9. The smallest absolute Gasteiger partial charge is 0.230 e. The van der Waals surface area contributed by atoms with E-state index < -0.39 is 27.9 Å². The average molecular weight is 683 g/mol. The van der Waals surface area contributed by atoms with Crippen LogP contribution in [0.25, 0.3) is 33.2 Å². The molecule has 5 heterocycles. The fourth-order valence-electron chi connectivity index (χ4n) is 8.08. The Bertz CT molecular complexity index is 2650. The number of aromatic amines is 3. The molecule has 0 spiro atoms. The van der Waals surface area contributed by atoms with E-state index in [9.17, 15) is 15.3 Å². The summed E-state index contributed by atoms with van der Waals surface area (Å²) in [7, 11) is 0. The maximum Gasteiger partial charge on any atom is 0.230 e. The Kier molecular flexibility index (Phi) is 7.24. The monoisotopic (exact) mass is 682 g/mol. The molecule has 2 aliphatic heterocycles. The zero-order valence-corrected chi connectivity index (χ0v) is 28.0. The van der Waals surface area contributed by atoms with Gasteiger partial charge in [0, 0.05) is 28.0 Å². The minimum absolute atomic E-state index is 0.166. The lowest BCUT2D eigenvalue weighted by molar-refractivity contribution is 0.0350. The zero-order chi connectivity index (χ0) is 35.5. The third kappa shape index (κ3) is 4.58. The zero-order valence-electron chi connectivity index (χ0n) is 28.0. The van der Waals surface area contributed by atoms with Crippen LogP contribution < -0.4 is 5.43 Å². The third-order valence-electron chi connectivity index (χ3n) is 10.4. The molecule has 1 unspecified atom stereocenters. The van der Waals surface area contributed by atoms with Crippen molar-refractivity contribution in [3.8, 4) is 22.6 Å². The lowest BCUT2D eigenvalue weighted by Crippen LogP contribution is -2.50. The molecule has 8 nitrogen and oxygen atoms in total. The molecule has 8 bridgehead atoms. The van der Waals surface area contributed by atoms with Crippen molar-refractivity contribution >= 4 is 22.1 Å². The molecule has 254 valence electrons. The SMILES string of the molecule is O=c1c2nc(c(-c3ccccc3)c3ccc(cc4[nH]c(cc5[nH]c1c(O)c5O)CC4)[nH]3)C(c1ccccc1)(c1ccccc1)C2(O)c1ccccc1. The van der Waals surface area contributed by atoms with Crippen LogP contribution in [0.3, 0.4) is 0 Å². The fraction of sp³-hybridized carbons (Fsp3) is 0.0909. The van der Waals surface area contributed by atoms with Crippen molar-refractivity contribution in [2.45, 2.75) is 23.9 Å². The molecule has 4 aromatic carbocycles. The Morgan fingerprint density at radius 1 is 0.558 bits per heavy atom. The van der Waals surface area contributed by atoms with Crippen molar-refractivity contribution < 1.29 is 15.3 Å². The van der Waals surface area contributed by atoms with Gasteiger partial charge in [-0.05, 0) is 59.4 Å². The number of hydrogen-bond donors (Lipinski definition) is 6. The van der Waals surface area contributed by atoms with Gasteiger partial charge in [-0.15, -0.1) is 0 Å². The van der Waals surface area contributed by atoms with E-state index >= 15 is 4.79 Å². The molecule has 6 N–H and O–H groups in total. The second-order valence-electron chi connectivity index (χ2n) is 13.3. The number of hydrogen-bond acceptors (Lipinski definition) is 5. The van der Waals surface area contributed by atoms with Gasteiger partial charge in [-0.25, -0.2) is 4.98 Å². The fourth-order valence-corrected chi connectivity index (χ4v) is 8.08. The number of aromatic hydroxyl groups is 2. The molecule has 0 saturated heterocycles. The number of aryl methyl sites for hydroxylation is 2. The summed E-state index contributed by atoms with van der Waals surface area (Å²) in [5.74, 6) is -1.08. The Morgan fingerprint density at radius 2 is 1.12 bits per heavy atom. The number of benzene rings is 4. The first-order chi connectivity index (χ1) is 25.4. The van der Waals surface area contributed by atoms with Gasteiger partial charge >= 0.3 is 0 Å². The predicted molar refractivity (Wildman–Crippen MR) is 202 cm³/mol. The normalized spacial score (nSPS) is 16.5. The maximum atomic E-state index is 15.2. The highest BCUT2D eigenvalue weighted by Gasteiger charge is 2.63. The summed E-state index contributed by atoms with van der Waals surface area (Å²) < 4.78 is 0. The number of aromatic nitrogens is 4. The quantitative estimate of drug-likeness (QED) is 0.113. The summed E-state index contributed by atoms with van der Waals surface area (Å²) in [6.45, 7) is 0. The summed E-state index contributed by atoms with van der Waals surface area (Å²) >= 11 is 0. The van der Waals surface area contributed by atoms with E-state index in [1.807, 2.05) is 121 Å². The minimum Gasteiger partial charge on any atom is -0.503 e. The van der Waals surface area contributed by atoms with E-state index in [0.717, 1.165) is 34.4 Å². The largest absolute Gasteiger partial charge is 0.503 e. The van der Waals surface area contributed by atoms with Gasteiger partial charge in [0.05, 0.1) is 11.2 Å². The number of nitrogens with one attached hydrogen (secondary N) is 3. The van der Waals surface area contributed by atoms with Crippen molar-refractivity contribution in [1.29, 1.82) is 0 Å². The lowest BCUT2D eigenvalue weighted by Gasteiger charge is -2.44. The van der Waals surface area contributed by atoms with Gasteiger partial charge in [0.2, 0.25) is 5.43 Å². The molecular formula is C44H34N4O4. The Morgan fingerprint density at radius 3 is 1.73 bits per heavy atom. The Labute approximate surface area is 298 Å². The second-order valence-corrected chi connectivity index (χ2v) is 13.3. The highest BCUT2D eigenvalue weighted by molar-refractivity contribution is 5.87. The number of rotatable bonds is 4. The van der Waals surface area contributed by atoms with Crippen LogP contribution in [0.15, 0.2) is 150 Å². The molecule has 0 aliphatic carbocycles. The van der Waals surface area contributed by atoms with Gasteiger partial charge in [0.1, 0.15) is 16.6 Å². The van der Waals surface area contributed by atoms with Crippen molar-refractivity contribution in [2.75, 3.05) is 0 Å². The van der Waals surface area contributed by atoms with Gasteiger partial charge in [0.25, 0.3) is 0 Å². The standard InChI is InChI=1S/C44H34N4O4/c49-38-35-26-33-22-21-31(45-33)25-32-23-24-34(46-32)36(27-13-5-1-6-14-27)41-43(28-15-7-2-8-16-28,29-17-9-3-10-18-29)44(52,30-19-11-4-12-20-30)42(48-41)40(51)37(47-35)39(38)50/h1-20,23-26,45-47,49-50,52H,21-22H2. The number of aliphatic hydroxyl groups is 1. The van der Waals surface area contributed by atoms with E-state index in [1.165, 1.54) is 0 Å². The first kappa shape index (κ1) is 31.3. The van der Waals surface area contributed by atoms with E-state index in [0.29, 0.717) is 34.4 Å². The van der Waals surface area contributed by atoms with Crippen molar-refractivity contribution in [1.82, 2.24) is 19.9 Å². The molecule has 3 aromatic heterocycles. The van der Waals surface area contributed by atoms with Gasteiger partial charge in [-0.3, -0.25) is 4.79 Å². The molecule has 0 fully saturated rings. The lowest BCUT2D eigenvalue weighted by atomic mass is 9.58. The van der Waals surface area contributed by atoms with Crippen molar-refractivity contribution in [3.05, 3.63) is 195 Å². The molecule has 0 saturated carbocycles. The van der Waals surface area contributed by atoms with Gasteiger partial charge in [-0.2, -0.15) is 0 Å². The molecule has 1 atom stereocenters. The molecule has 8 heteroatoms. The van der Waals surface area contributed by atoms with E-state index in [1.54, 1.807) is 18.2 Å². The van der Waals surface area contributed by atoms with Crippen LogP contribution in [-0.4, -0.2) is 35.3 Å². The van der Waals surface area contributed by atoms with Crippen LogP contribution >= 0.6 is 0 Å². The van der Waals surface area contributed by atoms with E-state index in [-0.39, 0.29) is 16.7 Å². The predicted octanol–water partition coefficient (Wildman–Crippen LogP) is 7.74. The number of nitrogens with zero attached hydrogens (tertiary/aromatic N) is 1. The summed E-state index contributed by atoms with van der Waals surface area (Å²) in [5, 5.41) is 36.6. The van der Waals surface area contributed by atoms with Gasteiger partial charge in [-0.1, -0.05) is 121 Å². The summed E-state index contributed by atoms with van der Waals surface area (Å²) in [4.78, 5) is 30.5. The molecule has 52 heavy (non-hydrogen) atoms. The highest BCUT2D eigenvalue weighted by Crippen LogP contribution is 2.58. The average Bonchev–Trinajstić information content (AvgIpc) is 3.96. The first-order valence-corrected chi connectivity index (χ1v) is 17.2. The van der Waals surface area contributed by atoms with Crippen molar-refractivity contribution in [3.63, 3.8) is 0 Å². The highest BCUT2D eigenvalue weighted by atomic mass is 16.3. The Hall–Kier alpha value is -6.64. The van der Waals surface area contributed by atoms with Crippen LogP contribution in [0.2, 0.25) is 0 Å². The molecule has 2 aliphatic rings. The molecule has 0 radical (unpaired) electrons. The van der Waals surface area contributed by atoms with E-state index in [2.05, 4.69) is 21.0 Å². The molecule has 9 rings (SSSR count). The van der Waals surface area contributed by atoms with Crippen LogP contribution in [0.1, 0.15) is 39.5 Å².